The van der Waals surface area contributed by atoms with E-state index in [1.54, 1.807) is 6.20 Å². The Morgan fingerprint density at radius 2 is 2.45 bits per heavy atom. The van der Waals surface area contributed by atoms with Gasteiger partial charge in [-0.05, 0) is 15.9 Å². The zero-order chi connectivity index (χ0) is 8.10. The summed E-state index contributed by atoms with van der Waals surface area (Å²) in [7, 11) is 0. The van der Waals surface area contributed by atoms with Gasteiger partial charge in [-0.1, -0.05) is 0 Å². The summed E-state index contributed by atoms with van der Waals surface area (Å²) in [5.41, 5.74) is 5.31. The second kappa shape index (κ2) is 4.25. The number of rotatable bonds is 3. The Bertz CT molecular complexity index is 228. The van der Waals surface area contributed by atoms with E-state index in [1.807, 2.05) is 0 Å². The molecule has 1 rings (SSSR count). The maximum Gasteiger partial charge on any atom is 0.143 e. The number of nitrogens with one attached hydrogen (secondary N) is 1. The van der Waals surface area contributed by atoms with Crippen molar-refractivity contribution in [2.75, 3.05) is 18.4 Å². The normalized spacial score (nSPS) is 9.64. The first kappa shape index (κ1) is 8.42. The third-order valence-electron chi connectivity index (χ3n) is 1.10. The van der Waals surface area contributed by atoms with Crippen molar-refractivity contribution in [3.05, 3.63) is 17.0 Å². The Hall–Kier alpha value is -0.680. The molecule has 0 amide bonds. The van der Waals surface area contributed by atoms with Gasteiger partial charge in [-0.3, -0.25) is 0 Å². The second-order valence-corrected chi connectivity index (χ2v) is 2.79. The van der Waals surface area contributed by atoms with Gasteiger partial charge in [0.1, 0.15) is 12.1 Å². The molecule has 60 valence electrons. The average molecular weight is 217 g/mol. The number of nitrogens with zero attached hydrogens (tertiary/aromatic N) is 2. The van der Waals surface area contributed by atoms with Gasteiger partial charge in [0.05, 0.1) is 4.47 Å². The SMILES string of the molecule is NCCNc1ncncc1Br. The largest absolute Gasteiger partial charge is 0.368 e. The van der Waals surface area contributed by atoms with E-state index in [4.69, 9.17) is 5.73 Å². The molecular weight excluding hydrogens is 208 g/mol. The molecule has 0 aromatic carbocycles. The van der Waals surface area contributed by atoms with Crippen LogP contribution in [0.4, 0.5) is 5.82 Å². The summed E-state index contributed by atoms with van der Waals surface area (Å²) >= 11 is 3.30. The van der Waals surface area contributed by atoms with Crippen molar-refractivity contribution in [2.45, 2.75) is 0 Å². The Morgan fingerprint density at radius 3 is 3.09 bits per heavy atom. The molecule has 0 spiro atoms. The topological polar surface area (TPSA) is 63.8 Å². The molecule has 0 aliphatic heterocycles. The Morgan fingerprint density at radius 1 is 1.64 bits per heavy atom. The third-order valence-corrected chi connectivity index (χ3v) is 1.68. The molecule has 0 unspecified atom stereocenters. The summed E-state index contributed by atoms with van der Waals surface area (Å²) in [4.78, 5) is 7.81. The quantitative estimate of drug-likeness (QED) is 0.778. The average Bonchev–Trinajstić information content (AvgIpc) is 2.03. The van der Waals surface area contributed by atoms with E-state index in [-0.39, 0.29) is 0 Å². The van der Waals surface area contributed by atoms with E-state index in [2.05, 4.69) is 31.2 Å². The van der Waals surface area contributed by atoms with Gasteiger partial charge in [-0.2, -0.15) is 0 Å². The summed E-state index contributed by atoms with van der Waals surface area (Å²) in [6.07, 6.45) is 3.18. The van der Waals surface area contributed by atoms with E-state index in [1.165, 1.54) is 6.33 Å². The highest BCUT2D eigenvalue weighted by atomic mass is 79.9. The highest BCUT2D eigenvalue weighted by molar-refractivity contribution is 9.10. The third kappa shape index (κ3) is 2.44. The van der Waals surface area contributed by atoms with Crippen LogP contribution in [0.1, 0.15) is 0 Å². The first-order valence-corrected chi connectivity index (χ1v) is 4.03. The minimum atomic E-state index is 0.594. The van der Waals surface area contributed by atoms with Gasteiger partial charge >= 0.3 is 0 Å². The lowest BCUT2D eigenvalue weighted by Gasteiger charge is -2.03. The van der Waals surface area contributed by atoms with Crippen molar-refractivity contribution in [1.82, 2.24) is 9.97 Å². The van der Waals surface area contributed by atoms with E-state index in [0.717, 1.165) is 16.8 Å². The molecule has 0 bridgehead atoms. The predicted octanol–water partition coefficient (Wildman–Crippen LogP) is 0.610. The molecule has 1 aromatic heterocycles. The minimum absolute atomic E-state index is 0.594. The zero-order valence-electron chi connectivity index (χ0n) is 5.92. The predicted molar refractivity (Wildman–Crippen MR) is 47.3 cm³/mol. The molecule has 0 aliphatic rings. The lowest BCUT2D eigenvalue weighted by Crippen LogP contribution is -2.14. The minimum Gasteiger partial charge on any atom is -0.368 e. The van der Waals surface area contributed by atoms with E-state index < -0.39 is 0 Å². The van der Waals surface area contributed by atoms with Crippen LogP contribution in [-0.4, -0.2) is 23.1 Å². The highest BCUT2D eigenvalue weighted by Crippen LogP contribution is 2.15. The molecule has 3 N–H and O–H groups in total. The van der Waals surface area contributed by atoms with Crippen LogP contribution >= 0.6 is 15.9 Å². The van der Waals surface area contributed by atoms with Crippen molar-refractivity contribution in [1.29, 1.82) is 0 Å². The molecule has 11 heavy (non-hydrogen) atoms. The molecule has 1 aromatic rings. The molecule has 1 heterocycles. The van der Waals surface area contributed by atoms with Crippen molar-refractivity contribution >= 4 is 21.7 Å². The number of halogens is 1. The van der Waals surface area contributed by atoms with Gasteiger partial charge in [0.15, 0.2) is 0 Å². The molecule has 5 heteroatoms. The summed E-state index contributed by atoms with van der Waals surface area (Å²) in [5, 5.41) is 3.04. The number of hydrogen-bond acceptors (Lipinski definition) is 4. The van der Waals surface area contributed by atoms with Crippen molar-refractivity contribution in [3.8, 4) is 0 Å². The molecule has 0 aliphatic carbocycles. The van der Waals surface area contributed by atoms with E-state index >= 15 is 0 Å². The first-order chi connectivity index (χ1) is 5.34. The molecule has 0 radical (unpaired) electrons. The number of anilines is 1. The molecule has 0 fully saturated rings. The van der Waals surface area contributed by atoms with Crippen molar-refractivity contribution in [2.24, 2.45) is 5.73 Å². The lowest BCUT2D eigenvalue weighted by atomic mass is 10.5. The van der Waals surface area contributed by atoms with Crippen LogP contribution in [0, 0.1) is 0 Å². The molecular formula is C6H9BrN4. The number of nitrogens with two attached hydrogens (primary N) is 1. The number of aromatic nitrogens is 2. The monoisotopic (exact) mass is 216 g/mol. The van der Waals surface area contributed by atoms with Gasteiger partial charge < -0.3 is 11.1 Å². The molecule has 0 saturated heterocycles. The van der Waals surface area contributed by atoms with Gasteiger partial charge in [-0.15, -0.1) is 0 Å². The van der Waals surface area contributed by atoms with Crippen molar-refractivity contribution < 1.29 is 0 Å². The summed E-state index contributed by atoms with van der Waals surface area (Å²) in [5.74, 6) is 0.783. The van der Waals surface area contributed by atoms with Crippen LogP contribution in [0.2, 0.25) is 0 Å². The van der Waals surface area contributed by atoms with Gasteiger partial charge in [0.25, 0.3) is 0 Å². The Kier molecular flexibility index (Phi) is 3.25. The fourth-order valence-corrected chi connectivity index (χ4v) is 0.994. The first-order valence-electron chi connectivity index (χ1n) is 3.24. The molecule has 0 atom stereocenters. The zero-order valence-corrected chi connectivity index (χ0v) is 7.50. The van der Waals surface area contributed by atoms with E-state index in [0.29, 0.717) is 6.54 Å². The van der Waals surface area contributed by atoms with Crippen LogP contribution in [0.15, 0.2) is 17.0 Å². The summed E-state index contributed by atoms with van der Waals surface area (Å²) in [6.45, 7) is 1.31. The maximum atomic E-state index is 5.31. The van der Waals surface area contributed by atoms with Crippen molar-refractivity contribution in [3.63, 3.8) is 0 Å². The smallest absolute Gasteiger partial charge is 0.143 e. The fourth-order valence-electron chi connectivity index (χ4n) is 0.633. The number of hydrogen-bond donors (Lipinski definition) is 2. The van der Waals surface area contributed by atoms with E-state index in [9.17, 15) is 0 Å². The fraction of sp³-hybridized carbons (Fsp3) is 0.333. The van der Waals surface area contributed by atoms with Gasteiger partial charge in [0, 0.05) is 19.3 Å². The van der Waals surface area contributed by atoms with Gasteiger partial charge in [0.2, 0.25) is 0 Å². The van der Waals surface area contributed by atoms with Crippen LogP contribution < -0.4 is 11.1 Å². The maximum absolute atomic E-state index is 5.31. The van der Waals surface area contributed by atoms with Crippen LogP contribution in [0.5, 0.6) is 0 Å². The summed E-state index contributed by atoms with van der Waals surface area (Å²) in [6, 6.07) is 0. The van der Waals surface area contributed by atoms with Crippen LogP contribution in [0.3, 0.4) is 0 Å². The standard InChI is InChI=1S/C6H9BrN4/c7-5-3-9-4-11-6(5)10-2-1-8/h3-4H,1-2,8H2,(H,9,10,11). The van der Waals surface area contributed by atoms with Gasteiger partial charge in [-0.25, -0.2) is 9.97 Å². The van der Waals surface area contributed by atoms with Crippen LogP contribution in [-0.2, 0) is 0 Å². The second-order valence-electron chi connectivity index (χ2n) is 1.93. The molecule has 4 nitrogen and oxygen atoms in total. The highest BCUT2D eigenvalue weighted by Gasteiger charge is 1.96. The molecule has 0 saturated carbocycles. The van der Waals surface area contributed by atoms with Crippen LogP contribution in [0.25, 0.3) is 0 Å². The summed E-state index contributed by atoms with van der Waals surface area (Å²) < 4.78 is 0.855. The Balaban J connectivity index is 2.62. The Labute approximate surface area is 73.4 Å². The lowest BCUT2D eigenvalue weighted by molar-refractivity contribution is 1.00.